The Bertz CT molecular complexity index is 432. The standard InChI is InChI=1S/C14H20N2O2/c1-10(15-14(17)16-18-2)12-8-7-11-5-3-4-6-13(11)9-12/h7-10H,3-6H2,1-2H3,(H2,15,16,17). The lowest BCUT2D eigenvalue weighted by Gasteiger charge is -2.20. The maximum atomic E-state index is 11.4. The van der Waals surface area contributed by atoms with E-state index in [2.05, 4.69) is 33.8 Å². The maximum absolute atomic E-state index is 11.4. The van der Waals surface area contributed by atoms with Crippen molar-refractivity contribution in [2.24, 2.45) is 0 Å². The highest BCUT2D eigenvalue weighted by molar-refractivity contribution is 5.73. The zero-order valence-corrected chi connectivity index (χ0v) is 11.0. The molecule has 1 atom stereocenters. The van der Waals surface area contributed by atoms with E-state index in [4.69, 9.17) is 0 Å². The van der Waals surface area contributed by atoms with E-state index in [0.717, 1.165) is 12.0 Å². The Morgan fingerprint density at radius 3 is 2.72 bits per heavy atom. The summed E-state index contributed by atoms with van der Waals surface area (Å²) in [6.07, 6.45) is 4.89. The molecule has 1 aliphatic rings. The van der Waals surface area contributed by atoms with Crippen molar-refractivity contribution in [3.8, 4) is 0 Å². The van der Waals surface area contributed by atoms with Gasteiger partial charge in [0.05, 0.1) is 13.2 Å². The van der Waals surface area contributed by atoms with E-state index in [0.29, 0.717) is 0 Å². The molecule has 18 heavy (non-hydrogen) atoms. The molecule has 0 fully saturated rings. The van der Waals surface area contributed by atoms with Crippen molar-refractivity contribution in [1.82, 2.24) is 10.8 Å². The van der Waals surface area contributed by atoms with Crippen LogP contribution in [-0.4, -0.2) is 13.1 Å². The second-order valence-electron chi connectivity index (χ2n) is 4.74. The minimum atomic E-state index is -0.317. The lowest BCUT2D eigenvalue weighted by Crippen LogP contribution is -2.36. The molecule has 0 heterocycles. The summed E-state index contributed by atoms with van der Waals surface area (Å²) in [5, 5.41) is 2.83. The molecule has 1 aromatic rings. The Morgan fingerprint density at radius 2 is 2.00 bits per heavy atom. The van der Waals surface area contributed by atoms with Crippen LogP contribution < -0.4 is 10.8 Å². The molecule has 98 valence electrons. The zero-order valence-electron chi connectivity index (χ0n) is 11.0. The summed E-state index contributed by atoms with van der Waals surface area (Å²) in [4.78, 5) is 15.9. The lowest BCUT2D eigenvalue weighted by atomic mass is 9.89. The second-order valence-corrected chi connectivity index (χ2v) is 4.74. The van der Waals surface area contributed by atoms with E-state index in [1.54, 1.807) is 0 Å². The molecule has 2 N–H and O–H groups in total. The third-order valence-corrected chi connectivity index (χ3v) is 3.41. The van der Waals surface area contributed by atoms with Crippen molar-refractivity contribution in [3.05, 3.63) is 34.9 Å². The number of aryl methyl sites for hydroxylation is 2. The number of rotatable bonds is 3. The smallest absolute Gasteiger partial charge is 0.330 e. The molecule has 1 aromatic carbocycles. The maximum Gasteiger partial charge on any atom is 0.339 e. The number of hydroxylamine groups is 1. The molecule has 0 saturated carbocycles. The Morgan fingerprint density at radius 1 is 1.28 bits per heavy atom. The Hall–Kier alpha value is -1.55. The summed E-state index contributed by atoms with van der Waals surface area (Å²) in [5.41, 5.74) is 6.29. The predicted molar refractivity (Wildman–Crippen MR) is 70.2 cm³/mol. The highest BCUT2D eigenvalue weighted by atomic mass is 16.6. The first-order chi connectivity index (χ1) is 8.70. The van der Waals surface area contributed by atoms with E-state index >= 15 is 0 Å². The van der Waals surface area contributed by atoms with Gasteiger partial charge in [-0.2, -0.15) is 0 Å². The number of amides is 2. The fourth-order valence-corrected chi connectivity index (χ4v) is 2.42. The SMILES string of the molecule is CONC(=O)NC(C)c1ccc2c(c1)CCCC2. The number of hydrogen-bond donors (Lipinski definition) is 2. The minimum absolute atomic E-state index is 0.0209. The number of carbonyl (C=O) groups is 1. The van der Waals surface area contributed by atoms with Crippen molar-refractivity contribution in [1.29, 1.82) is 0 Å². The van der Waals surface area contributed by atoms with Crippen LogP contribution in [0.5, 0.6) is 0 Å². The molecule has 1 unspecified atom stereocenters. The monoisotopic (exact) mass is 248 g/mol. The van der Waals surface area contributed by atoms with Crippen LogP contribution in [-0.2, 0) is 17.7 Å². The first kappa shape index (κ1) is 12.9. The van der Waals surface area contributed by atoms with Gasteiger partial charge in [-0.3, -0.25) is 4.84 Å². The van der Waals surface area contributed by atoms with Gasteiger partial charge in [0.15, 0.2) is 0 Å². The number of fused-ring (bicyclic) bond motifs is 1. The van der Waals surface area contributed by atoms with Gasteiger partial charge >= 0.3 is 6.03 Å². The summed E-state index contributed by atoms with van der Waals surface area (Å²) < 4.78 is 0. The topological polar surface area (TPSA) is 50.4 Å². The van der Waals surface area contributed by atoms with Gasteiger partial charge in [-0.05, 0) is 49.3 Å². The Labute approximate surface area is 108 Å². The molecule has 0 spiro atoms. The summed E-state index contributed by atoms with van der Waals surface area (Å²) >= 11 is 0. The third kappa shape index (κ3) is 3.01. The lowest BCUT2D eigenvalue weighted by molar-refractivity contribution is 0.106. The number of nitrogens with one attached hydrogen (secondary N) is 2. The largest absolute Gasteiger partial charge is 0.339 e. The summed E-state index contributed by atoms with van der Waals surface area (Å²) in [7, 11) is 1.42. The molecule has 0 aromatic heterocycles. The molecule has 0 aliphatic heterocycles. The van der Waals surface area contributed by atoms with Crippen molar-refractivity contribution < 1.29 is 9.63 Å². The molecule has 2 amide bonds. The van der Waals surface area contributed by atoms with Gasteiger partial charge in [-0.25, -0.2) is 10.3 Å². The Balaban J connectivity index is 2.06. The number of urea groups is 1. The fraction of sp³-hybridized carbons (Fsp3) is 0.500. The average Bonchev–Trinajstić information content (AvgIpc) is 2.38. The van der Waals surface area contributed by atoms with Crippen LogP contribution in [0, 0.1) is 0 Å². The molecule has 4 heteroatoms. The molecule has 2 rings (SSSR count). The van der Waals surface area contributed by atoms with E-state index in [1.807, 2.05) is 6.92 Å². The van der Waals surface area contributed by atoms with Crippen molar-refractivity contribution in [2.45, 2.75) is 38.6 Å². The van der Waals surface area contributed by atoms with E-state index < -0.39 is 0 Å². The van der Waals surface area contributed by atoms with Crippen LogP contribution >= 0.6 is 0 Å². The van der Waals surface area contributed by atoms with Gasteiger partial charge in [0, 0.05) is 0 Å². The zero-order chi connectivity index (χ0) is 13.0. The molecular weight excluding hydrogens is 228 g/mol. The van der Waals surface area contributed by atoms with Gasteiger partial charge in [0.2, 0.25) is 0 Å². The summed E-state index contributed by atoms with van der Waals surface area (Å²) in [5.74, 6) is 0. The quantitative estimate of drug-likeness (QED) is 0.807. The summed E-state index contributed by atoms with van der Waals surface area (Å²) in [6.45, 7) is 1.97. The van der Waals surface area contributed by atoms with Gasteiger partial charge in [0.25, 0.3) is 0 Å². The van der Waals surface area contributed by atoms with Crippen LogP contribution in [0.2, 0.25) is 0 Å². The highest BCUT2D eigenvalue weighted by Crippen LogP contribution is 2.24. The molecule has 4 nitrogen and oxygen atoms in total. The molecular formula is C14H20N2O2. The first-order valence-corrected chi connectivity index (χ1v) is 6.42. The predicted octanol–water partition coefficient (Wildman–Crippen LogP) is 2.49. The van der Waals surface area contributed by atoms with Gasteiger partial charge < -0.3 is 5.32 Å². The number of benzene rings is 1. The van der Waals surface area contributed by atoms with Crippen LogP contribution in [0.15, 0.2) is 18.2 Å². The highest BCUT2D eigenvalue weighted by Gasteiger charge is 2.13. The first-order valence-electron chi connectivity index (χ1n) is 6.42. The third-order valence-electron chi connectivity index (χ3n) is 3.41. The van der Waals surface area contributed by atoms with Crippen LogP contribution in [0.4, 0.5) is 4.79 Å². The summed E-state index contributed by atoms with van der Waals surface area (Å²) in [6, 6.07) is 6.17. The molecule has 0 saturated heterocycles. The van der Waals surface area contributed by atoms with Crippen molar-refractivity contribution >= 4 is 6.03 Å². The van der Waals surface area contributed by atoms with Crippen LogP contribution in [0.1, 0.15) is 42.5 Å². The van der Waals surface area contributed by atoms with E-state index in [9.17, 15) is 4.79 Å². The Kier molecular flexibility index (Phi) is 4.20. The normalized spacial score (nSPS) is 15.7. The van der Waals surface area contributed by atoms with Crippen LogP contribution in [0.3, 0.4) is 0 Å². The van der Waals surface area contributed by atoms with E-state index in [1.165, 1.54) is 37.5 Å². The second kappa shape index (κ2) is 5.87. The number of carbonyl (C=O) groups excluding carboxylic acids is 1. The van der Waals surface area contributed by atoms with Crippen molar-refractivity contribution in [3.63, 3.8) is 0 Å². The van der Waals surface area contributed by atoms with Gasteiger partial charge in [0.1, 0.15) is 0 Å². The van der Waals surface area contributed by atoms with Crippen molar-refractivity contribution in [2.75, 3.05) is 7.11 Å². The van der Waals surface area contributed by atoms with Gasteiger partial charge in [-0.1, -0.05) is 18.2 Å². The molecule has 0 radical (unpaired) electrons. The molecule has 0 bridgehead atoms. The minimum Gasteiger partial charge on any atom is -0.330 e. The van der Waals surface area contributed by atoms with Gasteiger partial charge in [-0.15, -0.1) is 0 Å². The van der Waals surface area contributed by atoms with Crippen LogP contribution in [0.25, 0.3) is 0 Å². The van der Waals surface area contributed by atoms with E-state index in [-0.39, 0.29) is 12.1 Å². The average molecular weight is 248 g/mol. The number of hydrogen-bond acceptors (Lipinski definition) is 2. The molecule has 1 aliphatic carbocycles. The fourth-order valence-electron chi connectivity index (χ4n) is 2.42.